The third-order valence-electron chi connectivity index (χ3n) is 4.70. The van der Waals surface area contributed by atoms with E-state index >= 15 is 0 Å². The van der Waals surface area contributed by atoms with Crippen LogP contribution in [0, 0.1) is 0 Å². The van der Waals surface area contributed by atoms with Crippen LogP contribution in [0.1, 0.15) is 36.5 Å². The molecule has 0 aromatic heterocycles. The van der Waals surface area contributed by atoms with Crippen LogP contribution in [0.2, 0.25) is 0 Å². The van der Waals surface area contributed by atoms with Crippen molar-refractivity contribution in [2.24, 2.45) is 0 Å². The van der Waals surface area contributed by atoms with Crippen LogP contribution in [0.4, 0.5) is 11.4 Å². The van der Waals surface area contributed by atoms with Crippen molar-refractivity contribution in [3.63, 3.8) is 0 Å². The number of piperidine rings is 1. The normalized spacial score (nSPS) is 24.4. The molecular formula is C17H24N4O2. The molecule has 6 nitrogen and oxygen atoms in total. The van der Waals surface area contributed by atoms with E-state index in [0.29, 0.717) is 24.2 Å². The highest BCUT2D eigenvalue weighted by molar-refractivity contribution is 6.01. The Labute approximate surface area is 136 Å². The van der Waals surface area contributed by atoms with Gasteiger partial charge in [0.25, 0.3) is 5.91 Å². The fourth-order valence-electron chi connectivity index (χ4n) is 3.21. The summed E-state index contributed by atoms with van der Waals surface area (Å²) in [5, 5.41) is 9.37. The first-order valence-electron chi connectivity index (χ1n) is 8.24. The molecule has 1 aromatic rings. The minimum absolute atomic E-state index is 0.0155. The van der Waals surface area contributed by atoms with Crippen molar-refractivity contribution >= 4 is 23.2 Å². The van der Waals surface area contributed by atoms with Gasteiger partial charge in [0.05, 0.1) is 11.4 Å². The van der Waals surface area contributed by atoms with Crippen LogP contribution in [-0.2, 0) is 4.79 Å². The summed E-state index contributed by atoms with van der Waals surface area (Å²) in [6.07, 6.45) is 2.52. The quantitative estimate of drug-likeness (QED) is 0.770. The number of nitrogens with one attached hydrogen (secondary N) is 3. The minimum atomic E-state index is -0.0884. The molecule has 2 unspecified atom stereocenters. The number of amides is 2. The lowest BCUT2D eigenvalue weighted by atomic mass is 9.99. The fourth-order valence-corrected chi connectivity index (χ4v) is 3.21. The molecule has 1 fully saturated rings. The van der Waals surface area contributed by atoms with E-state index in [0.717, 1.165) is 25.1 Å². The van der Waals surface area contributed by atoms with Crippen LogP contribution in [-0.4, -0.2) is 44.0 Å². The van der Waals surface area contributed by atoms with Gasteiger partial charge in [-0.1, -0.05) is 0 Å². The summed E-state index contributed by atoms with van der Waals surface area (Å²) in [4.78, 5) is 26.3. The molecule has 0 radical (unpaired) electrons. The molecular weight excluding hydrogens is 292 g/mol. The molecule has 6 heteroatoms. The third-order valence-corrected chi connectivity index (χ3v) is 4.70. The average molecular weight is 316 g/mol. The van der Waals surface area contributed by atoms with E-state index in [4.69, 9.17) is 0 Å². The molecule has 3 N–H and O–H groups in total. The predicted molar refractivity (Wildman–Crippen MR) is 90.9 cm³/mol. The minimum Gasteiger partial charge on any atom is -0.372 e. The van der Waals surface area contributed by atoms with Gasteiger partial charge in [-0.3, -0.25) is 9.59 Å². The number of nitrogens with zero attached hydrogens (tertiary/aromatic N) is 1. The third kappa shape index (κ3) is 3.47. The van der Waals surface area contributed by atoms with Crippen molar-refractivity contribution in [2.45, 2.75) is 38.3 Å². The van der Waals surface area contributed by atoms with Crippen molar-refractivity contribution in [1.29, 1.82) is 0 Å². The van der Waals surface area contributed by atoms with Crippen LogP contribution in [0.15, 0.2) is 18.2 Å². The molecule has 1 aromatic carbocycles. The van der Waals surface area contributed by atoms with Gasteiger partial charge < -0.3 is 20.9 Å². The molecule has 2 heterocycles. The molecule has 0 aliphatic carbocycles. The van der Waals surface area contributed by atoms with Gasteiger partial charge in [-0.2, -0.15) is 0 Å². The topological polar surface area (TPSA) is 73.5 Å². The Morgan fingerprint density at radius 1 is 1.39 bits per heavy atom. The molecule has 2 atom stereocenters. The van der Waals surface area contributed by atoms with Crippen molar-refractivity contribution in [3.8, 4) is 0 Å². The highest BCUT2D eigenvalue weighted by Crippen LogP contribution is 2.29. The summed E-state index contributed by atoms with van der Waals surface area (Å²) < 4.78 is 0. The maximum absolute atomic E-state index is 12.5. The molecule has 3 rings (SSSR count). The van der Waals surface area contributed by atoms with Crippen molar-refractivity contribution < 1.29 is 9.59 Å². The zero-order chi connectivity index (χ0) is 16.4. The van der Waals surface area contributed by atoms with E-state index in [1.807, 2.05) is 24.1 Å². The van der Waals surface area contributed by atoms with Crippen LogP contribution in [0.25, 0.3) is 0 Å². The first kappa shape index (κ1) is 15.8. The highest BCUT2D eigenvalue weighted by atomic mass is 16.2. The molecule has 0 spiro atoms. The summed E-state index contributed by atoms with van der Waals surface area (Å²) in [5.41, 5.74) is 2.23. The molecule has 0 saturated carbocycles. The van der Waals surface area contributed by atoms with E-state index in [2.05, 4.69) is 22.9 Å². The second-order valence-corrected chi connectivity index (χ2v) is 6.42. The molecule has 1 saturated heterocycles. The van der Waals surface area contributed by atoms with E-state index < -0.39 is 0 Å². The molecule has 23 heavy (non-hydrogen) atoms. The van der Waals surface area contributed by atoms with E-state index in [-0.39, 0.29) is 23.9 Å². The van der Waals surface area contributed by atoms with Gasteiger partial charge in [0.2, 0.25) is 5.91 Å². The summed E-state index contributed by atoms with van der Waals surface area (Å²) in [6.45, 7) is 3.77. The molecule has 124 valence electrons. The lowest BCUT2D eigenvalue weighted by Crippen LogP contribution is -2.51. The largest absolute Gasteiger partial charge is 0.372 e. The number of anilines is 2. The summed E-state index contributed by atoms with van der Waals surface area (Å²) in [6, 6.07) is 5.92. The Morgan fingerprint density at radius 2 is 2.22 bits per heavy atom. The smallest absolute Gasteiger partial charge is 0.251 e. The number of benzene rings is 1. The number of hydrogen-bond donors (Lipinski definition) is 3. The molecule has 2 amide bonds. The SMILES string of the molecule is CC1NCCCC1NC(=O)c1ccc2c(c1)NC(=O)CCN2C. The number of fused-ring (bicyclic) bond motifs is 1. The van der Waals surface area contributed by atoms with Crippen molar-refractivity contribution in [2.75, 3.05) is 30.4 Å². The van der Waals surface area contributed by atoms with Crippen LogP contribution in [0.5, 0.6) is 0 Å². The second kappa shape index (κ2) is 6.58. The van der Waals surface area contributed by atoms with E-state index in [1.54, 1.807) is 6.07 Å². The lowest BCUT2D eigenvalue weighted by molar-refractivity contribution is -0.115. The number of carbonyl (C=O) groups excluding carboxylic acids is 2. The number of carbonyl (C=O) groups is 2. The number of hydrogen-bond acceptors (Lipinski definition) is 4. The van der Waals surface area contributed by atoms with Gasteiger partial charge in [0, 0.05) is 37.7 Å². The Hall–Kier alpha value is -2.08. The van der Waals surface area contributed by atoms with Crippen LogP contribution >= 0.6 is 0 Å². The lowest BCUT2D eigenvalue weighted by Gasteiger charge is -2.30. The van der Waals surface area contributed by atoms with Gasteiger partial charge in [0.15, 0.2) is 0 Å². The van der Waals surface area contributed by atoms with Gasteiger partial charge in [-0.15, -0.1) is 0 Å². The van der Waals surface area contributed by atoms with E-state index in [1.165, 1.54) is 0 Å². The Bertz CT molecular complexity index is 617. The highest BCUT2D eigenvalue weighted by Gasteiger charge is 2.24. The average Bonchev–Trinajstić information content (AvgIpc) is 2.68. The molecule has 2 aliphatic rings. The standard InChI is InChI=1S/C17H24N4O2/c1-11-13(4-3-8-18-11)20-17(23)12-5-6-15-14(10-12)19-16(22)7-9-21(15)2/h5-6,10-11,13,18H,3-4,7-9H2,1-2H3,(H,19,22)(H,20,23). The van der Waals surface area contributed by atoms with Gasteiger partial charge in [-0.25, -0.2) is 0 Å². The maximum Gasteiger partial charge on any atom is 0.251 e. The first-order chi connectivity index (χ1) is 11.0. The van der Waals surface area contributed by atoms with Crippen LogP contribution in [0.3, 0.4) is 0 Å². The zero-order valence-corrected chi connectivity index (χ0v) is 13.7. The Morgan fingerprint density at radius 3 is 3.00 bits per heavy atom. The Balaban J connectivity index is 1.78. The van der Waals surface area contributed by atoms with Crippen LogP contribution < -0.4 is 20.9 Å². The fraction of sp³-hybridized carbons (Fsp3) is 0.529. The van der Waals surface area contributed by atoms with E-state index in [9.17, 15) is 9.59 Å². The molecule has 2 aliphatic heterocycles. The zero-order valence-electron chi connectivity index (χ0n) is 13.7. The Kier molecular flexibility index (Phi) is 4.52. The summed E-state index contributed by atoms with van der Waals surface area (Å²) in [5.74, 6) is -0.104. The maximum atomic E-state index is 12.5. The summed E-state index contributed by atoms with van der Waals surface area (Å²) >= 11 is 0. The second-order valence-electron chi connectivity index (χ2n) is 6.42. The predicted octanol–water partition coefficient (Wildman–Crippen LogP) is 1.34. The number of rotatable bonds is 2. The first-order valence-corrected chi connectivity index (χ1v) is 8.24. The van der Waals surface area contributed by atoms with Gasteiger partial charge in [0.1, 0.15) is 0 Å². The summed E-state index contributed by atoms with van der Waals surface area (Å²) in [7, 11) is 1.95. The monoisotopic (exact) mass is 316 g/mol. The van der Waals surface area contributed by atoms with Gasteiger partial charge in [-0.05, 0) is 44.5 Å². The van der Waals surface area contributed by atoms with Crippen molar-refractivity contribution in [1.82, 2.24) is 10.6 Å². The van der Waals surface area contributed by atoms with Gasteiger partial charge >= 0.3 is 0 Å². The molecule has 0 bridgehead atoms. The van der Waals surface area contributed by atoms with Crippen molar-refractivity contribution in [3.05, 3.63) is 23.8 Å².